The number of benzene rings is 2. The van der Waals surface area contributed by atoms with Crippen molar-refractivity contribution in [3.8, 4) is 0 Å². The zero-order valence-electron chi connectivity index (χ0n) is 16.0. The Balaban J connectivity index is 1.45. The number of carbonyl (C=O) groups excluding carboxylic acids is 2. The minimum atomic E-state index is -0.471. The summed E-state index contributed by atoms with van der Waals surface area (Å²) in [5.74, 6) is 0. The SMILES string of the molecule is CC(NC(=O)OC1CCCN(C(=O)OCc2ccccc2)C1)c1ccccc1. The normalized spacial score (nSPS) is 17.5. The van der Waals surface area contributed by atoms with Crippen LogP contribution in [0.4, 0.5) is 9.59 Å². The molecule has 2 aromatic rings. The molecule has 3 rings (SSSR count). The number of likely N-dealkylation sites (tertiary alicyclic amines) is 1. The van der Waals surface area contributed by atoms with Crippen LogP contribution in [0.3, 0.4) is 0 Å². The van der Waals surface area contributed by atoms with Gasteiger partial charge in [-0.1, -0.05) is 60.7 Å². The number of hydrogen-bond acceptors (Lipinski definition) is 4. The van der Waals surface area contributed by atoms with Crippen molar-refractivity contribution in [2.45, 2.75) is 38.5 Å². The van der Waals surface area contributed by atoms with E-state index < -0.39 is 6.09 Å². The molecule has 2 amide bonds. The highest BCUT2D eigenvalue weighted by Gasteiger charge is 2.27. The summed E-state index contributed by atoms with van der Waals surface area (Å²) in [6.45, 7) is 3.10. The Labute approximate surface area is 165 Å². The maximum Gasteiger partial charge on any atom is 0.410 e. The molecule has 0 radical (unpaired) electrons. The molecule has 1 fully saturated rings. The van der Waals surface area contributed by atoms with Crippen molar-refractivity contribution in [1.82, 2.24) is 10.2 Å². The quantitative estimate of drug-likeness (QED) is 0.838. The fourth-order valence-electron chi connectivity index (χ4n) is 3.20. The standard InChI is InChI=1S/C22H26N2O4/c1-17(19-11-6-3-7-12-19)23-21(25)28-20-13-8-14-24(15-20)22(26)27-16-18-9-4-2-5-10-18/h2-7,9-12,17,20H,8,13-16H2,1H3,(H,23,25). The molecule has 1 aliphatic rings. The maximum atomic E-state index is 12.3. The number of rotatable bonds is 5. The van der Waals surface area contributed by atoms with Crippen LogP contribution in [0.15, 0.2) is 60.7 Å². The van der Waals surface area contributed by atoms with E-state index in [9.17, 15) is 9.59 Å². The van der Waals surface area contributed by atoms with Crippen molar-refractivity contribution in [2.24, 2.45) is 0 Å². The van der Waals surface area contributed by atoms with E-state index in [1.807, 2.05) is 67.6 Å². The lowest BCUT2D eigenvalue weighted by atomic mass is 10.1. The second kappa shape index (κ2) is 9.78. The van der Waals surface area contributed by atoms with Crippen molar-refractivity contribution in [3.05, 3.63) is 71.8 Å². The van der Waals surface area contributed by atoms with E-state index in [4.69, 9.17) is 9.47 Å². The van der Waals surface area contributed by atoms with E-state index >= 15 is 0 Å². The van der Waals surface area contributed by atoms with E-state index in [-0.39, 0.29) is 24.8 Å². The van der Waals surface area contributed by atoms with Gasteiger partial charge in [-0.15, -0.1) is 0 Å². The van der Waals surface area contributed by atoms with Gasteiger partial charge in [0.15, 0.2) is 0 Å². The number of nitrogens with zero attached hydrogens (tertiary/aromatic N) is 1. The van der Waals surface area contributed by atoms with Gasteiger partial charge in [-0.05, 0) is 30.9 Å². The molecule has 28 heavy (non-hydrogen) atoms. The van der Waals surface area contributed by atoms with Gasteiger partial charge in [0.1, 0.15) is 12.7 Å². The molecule has 6 nitrogen and oxygen atoms in total. The largest absolute Gasteiger partial charge is 0.445 e. The molecular weight excluding hydrogens is 356 g/mol. The van der Waals surface area contributed by atoms with Crippen molar-refractivity contribution in [2.75, 3.05) is 13.1 Å². The lowest BCUT2D eigenvalue weighted by Gasteiger charge is -2.31. The van der Waals surface area contributed by atoms with Crippen molar-refractivity contribution < 1.29 is 19.1 Å². The van der Waals surface area contributed by atoms with Gasteiger partial charge in [0, 0.05) is 6.54 Å². The first kappa shape index (κ1) is 19.7. The summed E-state index contributed by atoms with van der Waals surface area (Å²) in [5.41, 5.74) is 1.95. The van der Waals surface area contributed by atoms with E-state index in [2.05, 4.69) is 5.32 Å². The molecule has 0 spiro atoms. The molecule has 0 bridgehead atoms. The van der Waals surface area contributed by atoms with Crippen LogP contribution in [0.25, 0.3) is 0 Å². The van der Waals surface area contributed by atoms with Gasteiger partial charge in [0.2, 0.25) is 0 Å². The van der Waals surface area contributed by atoms with Crippen LogP contribution in [0.5, 0.6) is 0 Å². The Kier molecular flexibility index (Phi) is 6.89. The van der Waals surface area contributed by atoms with Crippen LogP contribution in [-0.4, -0.2) is 36.3 Å². The molecule has 0 aliphatic carbocycles. The molecule has 2 atom stereocenters. The summed E-state index contributed by atoms with van der Waals surface area (Å²) in [7, 11) is 0. The first-order chi connectivity index (χ1) is 13.6. The van der Waals surface area contributed by atoms with E-state index in [0.29, 0.717) is 13.1 Å². The Hall–Kier alpha value is -3.02. The number of carbonyl (C=O) groups is 2. The van der Waals surface area contributed by atoms with Crippen molar-refractivity contribution in [3.63, 3.8) is 0 Å². The lowest BCUT2D eigenvalue weighted by Crippen LogP contribution is -2.45. The van der Waals surface area contributed by atoms with Gasteiger partial charge in [0.05, 0.1) is 12.6 Å². The third-order valence-corrected chi connectivity index (χ3v) is 4.75. The van der Waals surface area contributed by atoms with Gasteiger partial charge in [-0.2, -0.15) is 0 Å². The molecule has 6 heteroatoms. The molecule has 1 N–H and O–H groups in total. The number of hydrogen-bond donors (Lipinski definition) is 1. The number of alkyl carbamates (subject to hydrolysis) is 1. The van der Waals surface area contributed by atoms with Crippen LogP contribution < -0.4 is 5.32 Å². The van der Waals surface area contributed by atoms with Gasteiger partial charge in [0.25, 0.3) is 0 Å². The minimum absolute atomic E-state index is 0.149. The molecule has 1 heterocycles. The van der Waals surface area contributed by atoms with Crippen molar-refractivity contribution >= 4 is 12.2 Å². The smallest absolute Gasteiger partial charge is 0.410 e. The predicted molar refractivity (Wildman–Crippen MR) is 106 cm³/mol. The second-order valence-electron chi connectivity index (χ2n) is 6.93. The van der Waals surface area contributed by atoms with Crippen LogP contribution >= 0.6 is 0 Å². The highest BCUT2D eigenvalue weighted by Crippen LogP contribution is 2.16. The summed E-state index contributed by atoms with van der Waals surface area (Å²) in [6.07, 6.45) is 0.319. The molecular formula is C22H26N2O4. The third-order valence-electron chi connectivity index (χ3n) is 4.75. The minimum Gasteiger partial charge on any atom is -0.445 e. The highest BCUT2D eigenvalue weighted by molar-refractivity contribution is 5.69. The Morgan fingerprint density at radius 1 is 1.11 bits per heavy atom. The Bertz CT molecular complexity index is 767. The molecule has 148 valence electrons. The zero-order valence-corrected chi connectivity index (χ0v) is 16.0. The van der Waals surface area contributed by atoms with Crippen LogP contribution in [0.1, 0.15) is 36.9 Å². The summed E-state index contributed by atoms with van der Waals surface area (Å²) < 4.78 is 10.9. The average molecular weight is 382 g/mol. The lowest BCUT2D eigenvalue weighted by molar-refractivity contribution is 0.0298. The van der Waals surface area contributed by atoms with E-state index in [1.54, 1.807) is 4.90 Å². The fraction of sp³-hybridized carbons (Fsp3) is 0.364. The molecule has 1 saturated heterocycles. The fourth-order valence-corrected chi connectivity index (χ4v) is 3.20. The van der Waals surface area contributed by atoms with E-state index in [0.717, 1.165) is 24.0 Å². The Morgan fingerprint density at radius 3 is 2.50 bits per heavy atom. The molecule has 0 saturated carbocycles. The first-order valence-corrected chi connectivity index (χ1v) is 9.59. The third kappa shape index (κ3) is 5.74. The van der Waals surface area contributed by atoms with Gasteiger partial charge < -0.3 is 19.7 Å². The molecule has 2 aromatic carbocycles. The van der Waals surface area contributed by atoms with Crippen LogP contribution in [0.2, 0.25) is 0 Å². The number of nitrogens with one attached hydrogen (secondary N) is 1. The number of ether oxygens (including phenoxy) is 2. The average Bonchev–Trinajstić information content (AvgIpc) is 2.73. The number of piperidine rings is 1. The maximum absolute atomic E-state index is 12.3. The molecule has 1 aliphatic heterocycles. The summed E-state index contributed by atoms with van der Waals surface area (Å²) in [5, 5.41) is 2.84. The Morgan fingerprint density at radius 2 is 1.79 bits per heavy atom. The van der Waals surface area contributed by atoms with Gasteiger partial charge in [-0.3, -0.25) is 0 Å². The van der Waals surface area contributed by atoms with Crippen molar-refractivity contribution in [1.29, 1.82) is 0 Å². The summed E-state index contributed by atoms with van der Waals surface area (Å²) in [6, 6.07) is 19.1. The first-order valence-electron chi connectivity index (χ1n) is 9.59. The van der Waals surface area contributed by atoms with E-state index in [1.165, 1.54) is 0 Å². The van der Waals surface area contributed by atoms with Crippen LogP contribution in [-0.2, 0) is 16.1 Å². The summed E-state index contributed by atoms with van der Waals surface area (Å²) in [4.78, 5) is 26.1. The highest BCUT2D eigenvalue weighted by atomic mass is 16.6. The predicted octanol–water partition coefficient (Wildman–Crippen LogP) is 4.28. The monoisotopic (exact) mass is 382 g/mol. The summed E-state index contributed by atoms with van der Waals surface area (Å²) >= 11 is 0. The van der Waals surface area contributed by atoms with Crippen LogP contribution in [0, 0.1) is 0 Å². The number of amides is 2. The molecule has 0 aromatic heterocycles. The van der Waals surface area contributed by atoms with Gasteiger partial charge >= 0.3 is 12.2 Å². The van der Waals surface area contributed by atoms with Gasteiger partial charge in [-0.25, -0.2) is 9.59 Å². The zero-order chi connectivity index (χ0) is 19.8. The topological polar surface area (TPSA) is 67.9 Å². The molecule has 2 unspecified atom stereocenters. The second-order valence-corrected chi connectivity index (χ2v) is 6.93.